The Bertz CT molecular complexity index is 614. The minimum absolute atomic E-state index is 0.0635. The number of hydrogen-bond acceptors (Lipinski definition) is 5. The van der Waals surface area contributed by atoms with Crippen molar-refractivity contribution in [3.8, 4) is 0 Å². The summed E-state index contributed by atoms with van der Waals surface area (Å²) in [4.78, 5) is 29.0. The van der Waals surface area contributed by atoms with Crippen LogP contribution < -0.4 is 21.3 Å². The molecule has 1 aromatic heterocycles. The lowest BCUT2D eigenvalue weighted by molar-refractivity contribution is -0.131. The Morgan fingerprint density at radius 1 is 1.46 bits per heavy atom. The maximum absolute atomic E-state index is 12.2. The number of anilines is 1. The van der Waals surface area contributed by atoms with E-state index in [0.29, 0.717) is 17.9 Å². The van der Waals surface area contributed by atoms with Gasteiger partial charge >= 0.3 is 12.6 Å². The highest BCUT2D eigenvalue weighted by Crippen LogP contribution is 2.24. The van der Waals surface area contributed by atoms with Crippen molar-refractivity contribution in [1.29, 1.82) is 0 Å². The molecule has 1 aliphatic rings. The number of alkyl halides is 2. The molecule has 1 aliphatic heterocycles. The lowest BCUT2D eigenvalue weighted by Crippen LogP contribution is -2.43. The van der Waals surface area contributed by atoms with Crippen LogP contribution in [0.2, 0.25) is 0 Å². The third-order valence-corrected chi connectivity index (χ3v) is 4.06. The fourth-order valence-corrected chi connectivity index (χ4v) is 2.80. The van der Waals surface area contributed by atoms with Gasteiger partial charge in [0, 0.05) is 25.3 Å². The highest BCUT2D eigenvalue weighted by molar-refractivity contribution is 5.94. The Hall–Kier alpha value is -2.49. The van der Waals surface area contributed by atoms with E-state index >= 15 is 0 Å². The van der Waals surface area contributed by atoms with E-state index in [2.05, 4.69) is 20.4 Å². The molecule has 26 heavy (non-hydrogen) atoms. The molecule has 144 valence electrons. The molecule has 8 nitrogen and oxygen atoms in total. The van der Waals surface area contributed by atoms with E-state index in [0.717, 1.165) is 12.8 Å². The summed E-state index contributed by atoms with van der Waals surface area (Å²) in [6.45, 7) is -0.209. The van der Waals surface area contributed by atoms with Crippen LogP contribution in [0, 0.1) is 0 Å². The van der Waals surface area contributed by atoms with Crippen molar-refractivity contribution in [1.82, 2.24) is 15.6 Å². The molecule has 0 unspecified atom stereocenters. The summed E-state index contributed by atoms with van der Waals surface area (Å²) in [5.74, 6) is 0.284. The second-order valence-electron chi connectivity index (χ2n) is 6.11. The van der Waals surface area contributed by atoms with Crippen molar-refractivity contribution >= 4 is 17.8 Å². The van der Waals surface area contributed by atoms with E-state index in [9.17, 15) is 18.4 Å². The Kier molecular flexibility index (Phi) is 7.07. The Balaban J connectivity index is 1.92. The summed E-state index contributed by atoms with van der Waals surface area (Å²) in [5, 5.41) is 5.13. The average molecular weight is 371 g/mol. The Labute approximate surface area is 150 Å². The molecule has 2 rings (SSSR count). The summed E-state index contributed by atoms with van der Waals surface area (Å²) < 4.78 is 28.9. The van der Waals surface area contributed by atoms with E-state index < -0.39 is 12.6 Å². The Morgan fingerprint density at radius 3 is 2.85 bits per heavy atom. The molecule has 0 bridgehead atoms. The zero-order valence-electron chi connectivity index (χ0n) is 14.5. The second-order valence-corrected chi connectivity index (χ2v) is 6.11. The van der Waals surface area contributed by atoms with Crippen molar-refractivity contribution < 1.29 is 23.1 Å². The number of nitrogens with zero attached hydrogens (tertiary/aromatic N) is 2. The number of aromatic nitrogens is 1. The SMILES string of the molecule is C[C@H](CNC(N)=O)NC(=O)c1ccc(N2CCC[C@H]2COC(F)F)nc1. The summed E-state index contributed by atoms with van der Waals surface area (Å²) in [6, 6.07) is 2.19. The van der Waals surface area contributed by atoms with Gasteiger partial charge in [-0.15, -0.1) is 0 Å². The Morgan fingerprint density at radius 2 is 2.23 bits per heavy atom. The van der Waals surface area contributed by atoms with Crippen molar-refractivity contribution in [2.45, 2.75) is 38.5 Å². The van der Waals surface area contributed by atoms with Crippen LogP contribution in [0.1, 0.15) is 30.1 Å². The van der Waals surface area contributed by atoms with E-state index in [4.69, 9.17) is 5.73 Å². The summed E-state index contributed by atoms with van der Waals surface area (Å²) >= 11 is 0. The first-order valence-corrected chi connectivity index (χ1v) is 8.33. The van der Waals surface area contributed by atoms with Gasteiger partial charge in [0.05, 0.1) is 18.2 Å². The molecule has 0 radical (unpaired) electrons. The van der Waals surface area contributed by atoms with Crippen LogP contribution in [-0.4, -0.2) is 55.3 Å². The number of rotatable bonds is 8. The van der Waals surface area contributed by atoms with Crippen LogP contribution in [0.15, 0.2) is 18.3 Å². The van der Waals surface area contributed by atoms with Crippen molar-refractivity contribution in [3.05, 3.63) is 23.9 Å². The normalized spacial score (nSPS) is 18.0. The molecule has 2 heterocycles. The number of primary amides is 1. The van der Waals surface area contributed by atoms with E-state index in [1.807, 2.05) is 4.90 Å². The first-order valence-electron chi connectivity index (χ1n) is 8.33. The molecular formula is C16H23F2N5O3. The quantitative estimate of drug-likeness (QED) is 0.633. The zero-order chi connectivity index (χ0) is 19.1. The number of nitrogens with one attached hydrogen (secondary N) is 2. The van der Waals surface area contributed by atoms with Crippen LogP contribution in [0.4, 0.5) is 19.4 Å². The lowest BCUT2D eigenvalue weighted by atomic mass is 10.2. The number of ether oxygens (including phenoxy) is 1. The zero-order valence-corrected chi connectivity index (χ0v) is 14.5. The van der Waals surface area contributed by atoms with Gasteiger partial charge in [-0.1, -0.05) is 0 Å². The fourth-order valence-electron chi connectivity index (χ4n) is 2.80. The predicted molar refractivity (Wildman–Crippen MR) is 91.1 cm³/mol. The molecule has 1 aromatic rings. The van der Waals surface area contributed by atoms with Crippen LogP contribution in [-0.2, 0) is 4.74 Å². The number of nitrogens with two attached hydrogens (primary N) is 1. The fraction of sp³-hybridized carbons (Fsp3) is 0.562. The largest absolute Gasteiger partial charge is 0.352 e. The number of carbonyl (C=O) groups excluding carboxylic acids is 2. The van der Waals surface area contributed by atoms with Crippen LogP contribution in [0.3, 0.4) is 0 Å². The molecule has 1 fully saturated rings. The number of amides is 3. The summed E-state index contributed by atoms with van der Waals surface area (Å²) in [6.07, 6.45) is 3.05. The smallest absolute Gasteiger partial charge is 0.345 e. The molecule has 1 saturated heterocycles. The van der Waals surface area contributed by atoms with Crippen molar-refractivity contribution in [2.75, 3.05) is 24.6 Å². The molecule has 3 amide bonds. The third kappa shape index (κ3) is 5.80. The van der Waals surface area contributed by atoms with Gasteiger partial charge < -0.3 is 26.0 Å². The van der Waals surface area contributed by atoms with E-state index in [1.54, 1.807) is 19.1 Å². The number of carbonyl (C=O) groups is 2. The third-order valence-electron chi connectivity index (χ3n) is 4.06. The molecule has 0 aliphatic carbocycles. The van der Waals surface area contributed by atoms with Gasteiger partial charge in [-0.2, -0.15) is 8.78 Å². The van der Waals surface area contributed by atoms with Crippen molar-refractivity contribution in [3.63, 3.8) is 0 Å². The van der Waals surface area contributed by atoms with Crippen LogP contribution in [0.5, 0.6) is 0 Å². The molecule has 0 aromatic carbocycles. The highest BCUT2D eigenvalue weighted by Gasteiger charge is 2.27. The van der Waals surface area contributed by atoms with Crippen molar-refractivity contribution in [2.24, 2.45) is 5.73 Å². The molecule has 0 saturated carbocycles. The lowest BCUT2D eigenvalue weighted by Gasteiger charge is -2.25. The maximum atomic E-state index is 12.2. The van der Waals surface area contributed by atoms with Gasteiger partial charge in [0.1, 0.15) is 5.82 Å². The van der Waals surface area contributed by atoms with E-state index in [-0.39, 0.29) is 31.1 Å². The van der Waals surface area contributed by atoms with Gasteiger partial charge in [0.25, 0.3) is 5.91 Å². The number of urea groups is 1. The first kappa shape index (κ1) is 19.8. The molecule has 4 N–H and O–H groups in total. The number of hydrogen-bond donors (Lipinski definition) is 3. The average Bonchev–Trinajstić information content (AvgIpc) is 3.06. The minimum atomic E-state index is -2.79. The van der Waals surface area contributed by atoms with Gasteiger partial charge in [-0.05, 0) is 31.9 Å². The highest BCUT2D eigenvalue weighted by atomic mass is 19.3. The number of halogens is 2. The van der Waals surface area contributed by atoms with Crippen LogP contribution >= 0.6 is 0 Å². The van der Waals surface area contributed by atoms with Gasteiger partial charge in [0.2, 0.25) is 0 Å². The first-order chi connectivity index (χ1) is 12.4. The standard InChI is InChI=1S/C16H23F2N5O3/c1-10(7-21-16(19)25)22-14(24)11-4-5-13(20-8-11)23-6-2-3-12(23)9-26-15(17)18/h4-5,8,10,12,15H,2-3,6-7,9H2,1H3,(H,22,24)(H3,19,21,25)/t10-,12+/m1/s1. The molecule has 2 atom stereocenters. The topological polar surface area (TPSA) is 110 Å². The van der Waals surface area contributed by atoms with Crippen LogP contribution in [0.25, 0.3) is 0 Å². The molecular weight excluding hydrogens is 348 g/mol. The number of pyridine rings is 1. The maximum Gasteiger partial charge on any atom is 0.345 e. The van der Waals surface area contributed by atoms with Gasteiger partial charge in [-0.3, -0.25) is 4.79 Å². The second kappa shape index (κ2) is 9.27. The van der Waals surface area contributed by atoms with E-state index in [1.165, 1.54) is 6.20 Å². The predicted octanol–water partition coefficient (Wildman–Crippen LogP) is 1.08. The van der Waals surface area contributed by atoms with Gasteiger partial charge in [0.15, 0.2) is 0 Å². The molecule has 10 heteroatoms. The summed E-state index contributed by atoms with van der Waals surface area (Å²) in [5.41, 5.74) is 5.34. The molecule has 0 spiro atoms. The van der Waals surface area contributed by atoms with Gasteiger partial charge in [-0.25, -0.2) is 9.78 Å². The summed E-state index contributed by atoms with van der Waals surface area (Å²) in [7, 11) is 0. The monoisotopic (exact) mass is 371 g/mol. The minimum Gasteiger partial charge on any atom is -0.352 e.